The Kier molecular flexibility index (Phi) is 7.66. The molecule has 3 heteroatoms. The summed E-state index contributed by atoms with van der Waals surface area (Å²) < 4.78 is 0. The van der Waals surface area contributed by atoms with Crippen LogP contribution in [0.25, 0.3) is 6.08 Å². The van der Waals surface area contributed by atoms with Crippen LogP contribution in [0.3, 0.4) is 0 Å². The highest BCUT2D eigenvalue weighted by atomic mass is 16.4. The molecule has 0 heterocycles. The molecule has 3 nitrogen and oxygen atoms in total. The number of rotatable bonds is 9. The van der Waals surface area contributed by atoms with Crippen molar-refractivity contribution in [2.45, 2.75) is 51.6 Å². The molecule has 0 radical (unpaired) electrons. The van der Waals surface area contributed by atoms with E-state index in [4.69, 9.17) is 5.11 Å². The third-order valence-electron chi connectivity index (χ3n) is 3.26. The Balaban J connectivity index is 2.38. The maximum Gasteiger partial charge on any atom is 0.328 e. The van der Waals surface area contributed by atoms with Crippen molar-refractivity contribution in [1.29, 1.82) is 0 Å². The van der Waals surface area contributed by atoms with Crippen molar-refractivity contribution < 1.29 is 15.0 Å². The van der Waals surface area contributed by atoms with Crippen LogP contribution in [0.1, 0.15) is 50.2 Å². The van der Waals surface area contributed by atoms with E-state index in [0.717, 1.165) is 30.0 Å². The Morgan fingerprint density at radius 3 is 2.50 bits per heavy atom. The van der Waals surface area contributed by atoms with E-state index < -0.39 is 5.97 Å². The minimum absolute atomic E-state index is 0.285. The Morgan fingerprint density at radius 2 is 1.90 bits per heavy atom. The second-order valence-corrected chi connectivity index (χ2v) is 5.12. The number of carbonyl (C=O) groups is 1. The Labute approximate surface area is 121 Å². The van der Waals surface area contributed by atoms with Gasteiger partial charge in [0.15, 0.2) is 0 Å². The molecular weight excluding hydrogens is 252 g/mol. The summed E-state index contributed by atoms with van der Waals surface area (Å²) >= 11 is 0. The number of aliphatic hydroxyl groups is 1. The summed E-state index contributed by atoms with van der Waals surface area (Å²) in [6, 6.07) is 7.63. The molecule has 0 fully saturated rings. The summed E-state index contributed by atoms with van der Waals surface area (Å²) in [5.41, 5.74) is 1.94. The van der Waals surface area contributed by atoms with Crippen molar-refractivity contribution in [2.24, 2.45) is 0 Å². The van der Waals surface area contributed by atoms with Gasteiger partial charge in [-0.3, -0.25) is 0 Å². The zero-order chi connectivity index (χ0) is 14.8. The second kappa shape index (κ2) is 9.32. The van der Waals surface area contributed by atoms with E-state index in [9.17, 15) is 9.90 Å². The van der Waals surface area contributed by atoms with E-state index in [0.29, 0.717) is 6.42 Å². The molecule has 1 rings (SSSR count). The average molecular weight is 276 g/mol. The van der Waals surface area contributed by atoms with Gasteiger partial charge in [-0.05, 0) is 30.0 Å². The minimum Gasteiger partial charge on any atom is -0.478 e. The van der Waals surface area contributed by atoms with E-state index in [1.165, 1.54) is 19.3 Å². The Morgan fingerprint density at radius 1 is 1.20 bits per heavy atom. The Hall–Kier alpha value is -1.61. The molecule has 2 N–H and O–H groups in total. The molecular formula is C17H24O3. The van der Waals surface area contributed by atoms with Crippen LogP contribution in [0.5, 0.6) is 0 Å². The van der Waals surface area contributed by atoms with E-state index in [1.807, 2.05) is 24.3 Å². The lowest BCUT2D eigenvalue weighted by Crippen LogP contribution is -2.10. The molecule has 20 heavy (non-hydrogen) atoms. The lowest BCUT2D eigenvalue weighted by Gasteiger charge is -2.10. The number of hydrogen-bond acceptors (Lipinski definition) is 2. The molecule has 0 aromatic heterocycles. The number of aliphatic carboxylic acids is 1. The molecule has 0 amide bonds. The normalized spacial score (nSPS) is 12.7. The highest BCUT2D eigenvalue weighted by Crippen LogP contribution is 2.12. The molecule has 0 spiro atoms. The van der Waals surface area contributed by atoms with Crippen molar-refractivity contribution in [3.63, 3.8) is 0 Å². The van der Waals surface area contributed by atoms with Gasteiger partial charge in [-0.25, -0.2) is 4.79 Å². The molecule has 1 aromatic rings. The average Bonchev–Trinajstić information content (AvgIpc) is 2.43. The van der Waals surface area contributed by atoms with Gasteiger partial charge in [-0.15, -0.1) is 0 Å². The lowest BCUT2D eigenvalue weighted by atomic mass is 10.0. The van der Waals surface area contributed by atoms with Crippen LogP contribution in [-0.2, 0) is 11.2 Å². The smallest absolute Gasteiger partial charge is 0.328 e. The van der Waals surface area contributed by atoms with Crippen molar-refractivity contribution in [2.75, 3.05) is 0 Å². The molecule has 0 aliphatic rings. The number of aliphatic hydroxyl groups excluding tert-OH is 1. The number of unbranched alkanes of at least 4 members (excludes halogenated alkanes) is 3. The monoisotopic (exact) mass is 276 g/mol. The highest BCUT2D eigenvalue weighted by Gasteiger charge is 2.05. The van der Waals surface area contributed by atoms with E-state index in [1.54, 1.807) is 6.08 Å². The van der Waals surface area contributed by atoms with Crippen molar-refractivity contribution >= 4 is 12.0 Å². The van der Waals surface area contributed by atoms with Crippen molar-refractivity contribution in [3.05, 3.63) is 41.5 Å². The molecule has 1 unspecified atom stereocenters. The summed E-state index contributed by atoms with van der Waals surface area (Å²) in [5.74, 6) is -0.948. The number of carboxylic acid groups (broad SMARTS) is 1. The predicted octanol–water partition coefficient (Wildman–Crippen LogP) is 3.66. The van der Waals surface area contributed by atoms with Gasteiger partial charge in [-0.2, -0.15) is 0 Å². The molecule has 1 atom stereocenters. The van der Waals surface area contributed by atoms with Gasteiger partial charge in [0.1, 0.15) is 0 Å². The quantitative estimate of drug-likeness (QED) is 0.534. The van der Waals surface area contributed by atoms with E-state index >= 15 is 0 Å². The number of carboxylic acids is 1. The first-order valence-corrected chi connectivity index (χ1v) is 7.30. The zero-order valence-electron chi connectivity index (χ0n) is 12.1. The molecule has 1 aromatic carbocycles. The van der Waals surface area contributed by atoms with Crippen LogP contribution < -0.4 is 0 Å². The van der Waals surface area contributed by atoms with Gasteiger partial charge in [0.05, 0.1) is 6.10 Å². The fourth-order valence-corrected chi connectivity index (χ4v) is 2.11. The SMILES string of the molecule is CCCCCCC(O)Cc1ccc(C=CC(=O)O)cc1. The molecule has 0 aliphatic heterocycles. The summed E-state index contributed by atoms with van der Waals surface area (Å²) in [7, 11) is 0. The van der Waals surface area contributed by atoms with Crippen LogP contribution in [0.2, 0.25) is 0 Å². The number of benzene rings is 1. The first kappa shape index (κ1) is 16.4. The highest BCUT2D eigenvalue weighted by molar-refractivity contribution is 5.85. The van der Waals surface area contributed by atoms with Gasteiger partial charge >= 0.3 is 5.97 Å². The van der Waals surface area contributed by atoms with Crippen LogP contribution in [0, 0.1) is 0 Å². The van der Waals surface area contributed by atoms with Crippen LogP contribution in [0.15, 0.2) is 30.3 Å². The van der Waals surface area contributed by atoms with Gasteiger partial charge in [0.2, 0.25) is 0 Å². The van der Waals surface area contributed by atoms with E-state index in [2.05, 4.69) is 6.92 Å². The standard InChI is InChI=1S/C17H24O3/c1-2-3-4-5-6-16(18)13-15-9-7-14(8-10-15)11-12-17(19)20/h7-12,16,18H,2-6,13H2,1H3,(H,19,20). The number of hydrogen-bond donors (Lipinski definition) is 2. The predicted molar refractivity (Wildman–Crippen MR) is 81.6 cm³/mol. The van der Waals surface area contributed by atoms with Gasteiger partial charge in [-0.1, -0.05) is 56.9 Å². The van der Waals surface area contributed by atoms with Gasteiger partial charge < -0.3 is 10.2 Å². The maximum atomic E-state index is 10.4. The van der Waals surface area contributed by atoms with E-state index in [-0.39, 0.29) is 6.10 Å². The fourth-order valence-electron chi connectivity index (χ4n) is 2.11. The fraction of sp³-hybridized carbons (Fsp3) is 0.471. The summed E-state index contributed by atoms with van der Waals surface area (Å²) in [4.78, 5) is 10.4. The molecule has 0 saturated carbocycles. The zero-order valence-corrected chi connectivity index (χ0v) is 12.1. The van der Waals surface area contributed by atoms with Gasteiger partial charge in [0.25, 0.3) is 0 Å². The second-order valence-electron chi connectivity index (χ2n) is 5.12. The maximum absolute atomic E-state index is 10.4. The lowest BCUT2D eigenvalue weighted by molar-refractivity contribution is -0.131. The topological polar surface area (TPSA) is 57.5 Å². The molecule has 0 aliphatic carbocycles. The van der Waals surface area contributed by atoms with Gasteiger partial charge in [0, 0.05) is 6.08 Å². The van der Waals surface area contributed by atoms with Crippen molar-refractivity contribution in [3.8, 4) is 0 Å². The minimum atomic E-state index is -0.948. The summed E-state index contributed by atoms with van der Waals surface area (Å²) in [6.07, 6.45) is 8.62. The summed E-state index contributed by atoms with van der Waals surface area (Å²) in [5, 5.41) is 18.5. The molecule has 0 bridgehead atoms. The molecule has 110 valence electrons. The first-order chi connectivity index (χ1) is 9.61. The van der Waals surface area contributed by atoms with Crippen molar-refractivity contribution in [1.82, 2.24) is 0 Å². The van der Waals surface area contributed by atoms with Crippen LogP contribution in [0.4, 0.5) is 0 Å². The van der Waals surface area contributed by atoms with Crippen LogP contribution in [-0.4, -0.2) is 22.3 Å². The first-order valence-electron chi connectivity index (χ1n) is 7.30. The van der Waals surface area contributed by atoms with Crippen LogP contribution >= 0.6 is 0 Å². The largest absolute Gasteiger partial charge is 0.478 e. The third-order valence-corrected chi connectivity index (χ3v) is 3.26. The molecule has 0 saturated heterocycles. The third kappa shape index (κ3) is 7.10. The summed E-state index contributed by atoms with van der Waals surface area (Å²) in [6.45, 7) is 2.18. The Bertz CT molecular complexity index is 420.